The standard InChI is InChI=1S/C18H22N6O2S2/c1-3-6-23-17(15-10-27-16-7-12(2)4-5-14(15)16)20-21-18(23)28-11-22-9-13(8-19-22)24(25)26/h8-10,12H,3-7,11H2,1-2H3/t12-/m1/s1. The number of hydrogen-bond donors (Lipinski definition) is 0. The molecule has 8 nitrogen and oxygen atoms in total. The van der Waals surface area contributed by atoms with Crippen LogP contribution in [0.1, 0.15) is 37.1 Å². The minimum atomic E-state index is -0.438. The molecule has 3 aromatic heterocycles. The number of hydrogen-bond acceptors (Lipinski definition) is 7. The zero-order chi connectivity index (χ0) is 19.7. The molecule has 1 aliphatic carbocycles. The van der Waals surface area contributed by atoms with Crippen molar-refractivity contribution in [2.24, 2.45) is 5.92 Å². The van der Waals surface area contributed by atoms with Crippen molar-refractivity contribution in [3.05, 3.63) is 38.3 Å². The van der Waals surface area contributed by atoms with Gasteiger partial charge in [0, 0.05) is 22.4 Å². The van der Waals surface area contributed by atoms with Gasteiger partial charge in [0.05, 0.1) is 10.8 Å². The molecule has 0 aromatic carbocycles. The quantitative estimate of drug-likeness (QED) is 0.321. The minimum Gasteiger partial charge on any atom is -0.302 e. The van der Waals surface area contributed by atoms with E-state index in [9.17, 15) is 10.1 Å². The lowest BCUT2D eigenvalue weighted by Gasteiger charge is -2.19. The number of nitrogens with zero attached hydrogens (tertiary/aromatic N) is 6. The maximum Gasteiger partial charge on any atom is 0.307 e. The molecule has 0 N–H and O–H groups in total. The van der Waals surface area contributed by atoms with Crippen LogP contribution in [-0.4, -0.2) is 29.5 Å². The van der Waals surface area contributed by atoms with Crippen LogP contribution < -0.4 is 0 Å². The summed E-state index contributed by atoms with van der Waals surface area (Å²) in [6.45, 7) is 5.29. The summed E-state index contributed by atoms with van der Waals surface area (Å²) < 4.78 is 3.73. The topological polar surface area (TPSA) is 91.7 Å². The molecule has 0 radical (unpaired) electrons. The highest BCUT2D eigenvalue weighted by Gasteiger charge is 2.24. The van der Waals surface area contributed by atoms with E-state index >= 15 is 0 Å². The molecule has 0 aliphatic heterocycles. The summed E-state index contributed by atoms with van der Waals surface area (Å²) >= 11 is 3.33. The number of thiophene rings is 1. The van der Waals surface area contributed by atoms with Crippen molar-refractivity contribution in [1.82, 2.24) is 24.5 Å². The third-order valence-corrected chi connectivity index (χ3v) is 6.97. The van der Waals surface area contributed by atoms with E-state index in [0.717, 1.165) is 42.7 Å². The molecule has 1 atom stereocenters. The van der Waals surface area contributed by atoms with Gasteiger partial charge in [0.1, 0.15) is 12.4 Å². The van der Waals surface area contributed by atoms with E-state index in [1.54, 1.807) is 4.68 Å². The van der Waals surface area contributed by atoms with Gasteiger partial charge in [0.2, 0.25) is 0 Å². The van der Waals surface area contributed by atoms with Crippen molar-refractivity contribution in [3.63, 3.8) is 0 Å². The third kappa shape index (κ3) is 3.70. The van der Waals surface area contributed by atoms with Gasteiger partial charge in [-0.15, -0.1) is 21.5 Å². The van der Waals surface area contributed by atoms with Crippen LogP contribution in [0.15, 0.2) is 22.9 Å². The SMILES string of the molecule is CCCn1c(SCn2cc([N+](=O)[O-])cn2)nnc1-c1csc2c1CC[C@@H](C)C2. The Bertz CT molecular complexity index is 992. The lowest BCUT2D eigenvalue weighted by atomic mass is 9.88. The van der Waals surface area contributed by atoms with E-state index in [-0.39, 0.29) is 5.69 Å². The maximum absolute atomic E-state index is 10.8. The predicted molar refractivity (Wildman–Crippen MR) is 110 cm³/mol. The molecule has 10 heteroatoms. The van der Waals surface area contributed by atoms with E-state index in [0.29, 0.717) is 5.88 Å². The molecule has 0 saturated heterocycles. The van der Waals surface area contributed by atoms with Gasteiger partial charge in [-0.3, -0.25) is 14.8 Å². The third-order valence-electron chi connectivity index (χ3n) is 4.96. The highest BCUT2D eigenvalue weighted by Crippen LogP contribution is 2.38. The molecule has 3 aromatic rings. The second-order valence-electron chi connectivity index (χ2n) is 7.13. The van der Waals surface area contributed by atoms with Crippen LogP contribution in [0, 0.1) is 16.0 Å². The van der Waals surface area contributed by atoms with Crippen molar-refractivity contribution < 1.29 is 4.92 Å². The summed E-state index contributed by atoms with van der Waals surface area (Å²) in [6, 6.07) is 0. The minimum absolute atomic E-state index is 0.00422. The maximum atomic E-state index is 10.8. The zero-order valence-electron chi connectivity index (χ0n) is 15.9. The van der Waals surface area contributed by atoms with E-state index < -0.39 is 4.92 Å². The second-order valence-corrected chi connectivity index (χ2v) is 9.00. The van der Waals surface area contributed by atoms with Crippen LogP contribution in [-0.2, 0) is 25.3 Å². The molecule has 0 amide bonds. The number of rotatable bonds is 7. The fourth-order valence-electron chi connectivity index (χ4n) is 3.53. The molecule has 0 spiro atoms. The van der Waals surface area contributed by atoms with E-state index in [1.165, 1.54) is 46.6 Å². The summed E-state index contributed by atoms with van der Waals surface area (Å²) in [7, 11) is 0. The van der Waals surface area contributed by atoms with Crippen molar-refractivity contribution in [2.45, 2.75) is 57.1 Å². The van der Waals surface area contributed by atoms with Crippen LogP contribution in [0.2, 0.25) is 0 Å². The molecular weight excluding hydrogens is 396 g/mol. The number of aromatic nitrogens is 5. The first kappa shape index (κ1) is 19.1. The Morgan fingerprint density at radius 1 is 1.43 bits per heavy atom. The highest BCUT2D eigenvalue weighted by molar-refractivity contribution is 7.98. The first-order valence-corrected chi connectivity index (χ1v) is 11.3. The lowest BCUT2D eigenvalue weighted by molar-refractivity contribution is -0.385. The monoisotopic (exact) mass is 418 g/mol. The van der Waals surface area contributed by atoms with E-state index in [1.807, 2.05) is 11.3 Å². The summed E-state index contributed by atoms with van der Waals surface area (Å²) in [4.78, 5) is 11.9. The molecule has 0 bridgehead atoms. The summed E-state index contributed by atoms with van der Waals surface area (Å²) in [5.74, 6) is 2.13. The van der Waals surface area contributed by atoms with Crippen LogP contribution >= 0.6 is 23.1 Å². The van der Waals surface area contributed by atoms with Gasteiger partial charge >= 0.3 is 5.69 Å². The second kappa shape index (κ2) is 8.04. The van der Waals surface area contributed by atoms with E-state index in [4.69, 9.17) is 0 Å². The highest BCUT2D eigenvalue weighted by atomic mass is 32.2. The van der Waals surface area contributed by atoms with Gasteiger partial charge in [-0.25, -0.2) is 0 Å². The van der Waals surface area contributed by atoms with Crippen molar-refractivity contribution in [1.29, 1.82) is 0 Å². The fraction of sp³-hybridized carbons (Fsp3) is 0.500. The normalized spacial score (nSPS) is 16.3. The van der Waals surface area contributed by atoms with Crippen LogP contribution in [0.25, 0.3) is 11.4 Å². The Balaban J connectivity index is 1.58. The van der Waals surface area contributed by atoms with Crippen molar-refractivity contribution >= 4 is 28.8 Å². The first-order chi connectivity index (χ1) is 13.6. The van der Waals surface area contributed by atoms with Gasteiger partial charge < -0.3 is 4.57 Å². The molecule has 0 unspecified atom stereocenters. The summed E-state index contributed by atoms with van der Waals surface area (Å²) in [6.07, 6.45) is 7.16. The Kier molecular flexibility index (Phi) is 5.49. The van der Waals surface area contributed by atoms with Gasteiger partial charge in [-0.05, 0) is 37.2 Å². The predicted octanol–water partition coefficient (Wildman–Crippen LogP) is 4.40. The van der Waals surface area contributed by atoms with Crippen LogP contribution in [0.5, 0.6) is 0 Å². The Hall–Kier alpha value is -2.20. The molecule has 0 saturated carbocycles. The summed E-state index contributed by atoms with van der Waals surface area (Å²) in [5, 5.41) is 26.8. The number of nitro groups is 1. The Labute approximate surface area is 171 Å². The van der Waals surface area contributed by atoms with Crippen molar-refractivity contribution in [2.75, 3.05) is 0 Å². The first-order valence-electron chi connectivity index (χ1n) is 9.39. The molecule has 0 fully saturated rings. The zero-order valence-corrected chi connectivity index (χ0v) is 17.5. The molecule has 148 valence electrons. The fourth-order valence-corrected chi connectivity index (χ4v) is 5.59. The number of thioether (sulfide) groups is 1. The van der Waals surface area contributed by atoms with Gasteiger partial charge in [-0.2, -0.15) is 5.10 Å². The van der Waals surface area contributed by atoms with Crippen LogP contribution in [0.3, 0.4) is 0 Å². The Morgan fingerprint density at radius 3 is 3.04 bits per heavy atom. The van der Waals surface area contributed by atoms with Gasteiger partial charge in [0.15, 0.2) is 11.0 Å². The molecule has 3 heterocycles. The lowest BCUT2D eigenvalue weighted by Crippen LogP contribution is -2.10. The molecule has 1 aliphatic rings. The van der Waals surface area contributed by atoms with E-state index in [2.05, 4.69) is 39.1 Å². The number of fused-ring (bicyclic) bond motifs is 1. The summed E-state index contributed by atoms with van der Waals surface area (Å²) in [5.41, 5.74) is 2.65. The van der Waals surface area contributed by atoms with Crippen molar-refractivity contribution in [3.8, 4) is 11.4 Å². The average molecular weight is 419 g/mol. The molecule has 28 heavy (non-hydrogen) atoms. The Morgan fingerprint density at radius 2 is 2.29 bits per heavy atom. The molecule has 4 rings (SSSR count). The largest absolute Gasteiger partial charge is 0.307 e. The van der Waals surface area contributed by atoms with Crippen LogP contribution in [0.4, 0.5) is 5.69 Å². The van der Waals surface area contributed by atoms with Gasteiger partial charge in [-0.1, -0.05) is 25.6 Å². The average Bonchev–Trinajstić information content (AvgIpc) is 3.38. The van der Waals surface area contributed by atoms with Gasteiger partial charge in [0.25, 0.3) is 0 Å². The molecular formula is C18H22N6O2S2. The smallest absolute Gasteiger partial charge is 0.302 e.